The minimum absolute atomic E-state index is 0.265. The van der Waals surface area contributed by atoms with Gasteiger partial charge >= 0.3 is 0 Å². The summed E-state index contributed by atoms with van der Waals surface area (Å²) in [4.78, 5) is 24.1. The van der Waals surface area contributed by atoms with Gasteiger partial charge in [0.15, 0.2) is 0 Å². The summed E-state index contributed by atoms with van der Waals surface area (Å²) in [6.07, 6.45) is 11.5. The van der Waals surface area contributed by atoms with Crippen molar-refractivity contribution in [3.8, 4) is 0 Å². The topological polar surface area (TPSA) is 34.1 Å². The average Bonchev–Trinajstić information content (AvgIpc) is 2.93. The Kier molecular flexibility index (Phi) is 5.71. The summed E-state index contributed by atoms with van der Waals surface area (Å²) in [5.41, 5.74) is 0.660. The molecule has 4 fully saturated rings. The van der Waals surface area contributed by atoms with Gasteiger partial charge in [-0.25, -0.2) is 0 Å². The maximum atomic E-state index is 12.2. The van der Waals surface area contributed by atoms with Gasteiger partial charge in [-0.3, -0.25) is 9.59 Å². The van der Waals surface area contributed by atoms with Crippen molar-refractivity contribution in [2.75, 3.05) is 0 Å². The second-order valence-electron chi connectivity index (χ2n) is 10.4. The molecule has 2 heteroatoms. The molecule has 7 unspecified atom stereocenters. The van der Waals surface area contributed by atoms with Gasteiger partial charge in [0, 0.05) is 18.8 Å². The first-order chi connectivity index (χ1) is 12.3. The Balaban J connectivity index is 0.000000613. The minimum Gasteiger partial charge on any atom is -0.300 e. The number of ketones is 2. The Hall–Kier alpha value is -0.660. The lowest BCUT2D eigenvalue weighted by Crippen LogP contribution is -2.53. The van der Waals surface area contributed by atoms with E-state index in [1.54, 1.807) is 0 Å². The first-order valence-electron chi connectivity index (χ1n) is 11.3. The second kappa shape index (κ2) is 7.40. The zero-order chi connectivity index (χ0) is 19.1. The fourth-order valence-electron chi connectivity index (χ4n) is 7.71. The number of carbonyl (C=O) groups is 2. The minimum atomic E-state index is 0.265. The van der Waals surface area contributed by atoms with Crippen LogP contribution < -0.4 is 0 Å². The molecule has 0 aliphatic heterocycles. The van der Waals surface area contributed by atoms with Crippen LogP contribution in [0.2, 0.25) is 0 Å². The lowest BCUT2D eigenvalue weighted by Gasteiger charge is -2.60. The monoisotopic (exact) mass is 360 g/mol. The number of rotatable bonds is 1. The molecule has 0 aromatic heterocycles. The average molecular weight is 361 g/mol. The third-order valence-corrected chi connectivity index (χ3v) is 8.97. The normalized spacial score (nSPS) is 47.1. The molecule has 26 heavy (non-hydrogen) atoms. The van der Waals surface area contributed by atoms with Crippen LogP contribution in [0.5, 0.6) is 0 Å². The van der Waals surface area contributed by atoms with Gasteiger partial charge in [-0.1, -0.05) is 34.1 Å². The predicted molar refractivity (Wildman–Crippen MR) is 107 cm³/mol. The van der Waals surface area contributed by atoms with E-state index in [4.69, 9.17) is 0 Å². The molecule has 4 aliphatic rings. The van der Waals surface area contributed by atoms with Crippen molar-refractivity contribution in [3.05, 3.63) is 0 Å². The van der Waals surface area contributed by atoms with Crippen LogP contribution in [0.25, 0.3) is 0 Å². The van der Waals surface area contributed by atoms with Gasteiger partial charge in [-0.15, -0.1) is 0 Å². The zero-order valence-electron chi connectivity index (χ0n) is 17.8. The Labute approximate surface area is 160 Å². The van der Waals surface area contributed by atoms with E-state index >= 15 is 0 Å². The molecule has 0 heterocycles. The molecule has 0 aromatic carbocycles. The van der Waals surface area contributed by atoms with E-state index in [0.717, 1.165) is 43.4 Å². The van der Waals surface area contributed by atoms with Crippen molar-refractivity contribution >= 4 is 11.6 Å². The van der Waals surface area contributed by atoms with Gasteiger partial charge < -0.3 is 0 Å². The number of carbonyl (C=O) groups excluding carboxylic acids is 2. The predicted octanol–water partition coefficient (Wildman–Crippen LogP) is 6.22. The van der Waals surface area contributed by atoms with Crippen molar-refractivity contribution < 1.29 is 9.59 Å². The first-order valence-corrected chi connectivity index (χ1v) is 11.3. The Morgan fingerprint density at radius 3 is 2.27 bits per heavy atom. The summed E-state index contributed by atoms with van der Waals surface area (Å²) in [7, 11) is 0. The molecular formula is C24H40O2. The number of Topliss-reactive ketones (excluding diaryl/α,β-unsaturated/α-hetero) is 2. The largest absolute Gasteiger partial charge is 0.300 e. The van der Waals surface area contributed by atoms with Crippen molar-refractivity contribution in [3.63, 3.8) is 0 Å². The standard InChI is InChI=1S/C21H32O2.C3H8/c1-13(22)17-6-7-18-16-5-4-14-12-15(23)8-10-20(14,2)19(16)9-11-21(17,18)3;1-3-2/h14,16-19H,4-12H2,1-3H3;3H2,1-2H3. The van der Waals surface area contributed by atoms with E-state index in [1.807, 2.05) is 6.92 Å². The quantitative estimate of drug-likeness (QED) is 0.556. The Morgan fingerprint density at radius 1 is 0.962 bits per heavy atom. The summed E-state index contributed by atoms with van der Waals surface area (Å²) >= 11 is 0. The first kappa shape index (κ1) is 20.1. The smallest absolute Gasteiger partial charge is 0.133 e. The number of hydrogen-bond donors (Lipinski definition) is 0. The van der Waals surface area contributed by atoms with E-state index in [1.165, 1.54) is 38.5 Å². The highest BCUT2D eigenvalue weighted by molar-refractivity contribution is 5.80. The molecule has 0 saturated heterocycles. The molecule has 0 amide bonds. The molecular weight excluding hydrogens is 320 g/mol. The Bertz CT molecular complexity index is 552. The molecule has 0 N–H and O–H groups in total. The maximum Gasteiger partial charge on any atom is 0.133 e. The maximum absolute atomic E-state index is 12.2. The van der Waals surface area contributed by atoms with Gasteiger partial charge in [-0.05, 0) is 86.4 Å². The molecule has 0 spiro atoms. The summed E-state index contributed by atoms with van der Waals surface area (Å²) in [5, 5.41) is 0. The van der Waals surface area contributed by atoms with Crippen LogP contribution in [0, 0.1) is 40.4 Å². The van der Waals surface area contributed by atoms with Crippen LogP contribution in [0.1, 0.15) is 98.8 Å². The third-order valence-electron chi connectivity index (χ3n) is 8.97. The zero-order valence-corrected chi connectivity index (χ0v) is 17.8. The molecule has 0 aromatic rings. The van der Waals surface area contributed by atoms with Crippen LogP contribution in [0.3, 0.4) is 0 Å². The highest BCUT2D eigenvalue weighted by atomic mass is 16.1. The molecule has 4 saturated carbocycles. The van der Waals surface area contributed by atoms with E-state index < -0.39 is 0 Å². The fraction of sp³-hybridized carbons (Fsp3) is 0.917. The van der Waals surface area contributed by atoms with E-state index in [9.17, 15) is 9.59 Å². The summed E-state index contributed by atoms with van der Waals surface area (Å²) in [6.45, 7) is 11.0. The van der Waals surface area contributed by atoms with Crippen molar-refractivity contribution in [2.24, 2.45) is 40.4 Å². The second-order valence-corrected chi connectivity index (χ2v) is 10.4. The van der Waals surface area contributed by atoms with Crippen LogP contribution in [-0.2, 0) is 9.59 Å². The summed E-state index contributed by atoms with van der Waals surface area (Å²) in [5.74, 6) is 4.25. The summed E-state index contributed by atoms with van der Waals surface area (Å²) < 4.78 is 0. The molecule has 148 valence electrons. The van der Waals surface area contributed by atoms with Crippen molar-refractivity contribution in [1.82, 2.24) is 0 Å². The Morgan fingerprint density at radius 2 is 1.62 bits per heavy atom. The van der Waals surface area contributed by atoms with Gasteiger partial charge in [0.25, 0.3) is 0 Å². The highest BCUT2D eigenvalue weighted by Gasteiger charge is 2.60. The molecule has 0 radical (unpaired) electrons. The van der Waals surface area contributed by atoms with Gasteiger partial charge in [0.2, 0.25) is 0 Å². The van der Waals surface area contributed by atoms with Crippen molar-refractivity contribution in [1.29, 1.82) is 0 Å². The van der Waals surface area contributed by atoms with Crippen LogP contribution in [-0.4, -0.2) is 11.6 Å². The van der Waals surface area contributed by atoms with Gasteiger partial charge in [-0.2, -0.15) is 0 Å². The number of fused-ring (bicyclic) bond motifs is 5. The molecule has 4 rings (SSSR count). The number of hydrogen-bond acceptors (Lipinski definition) is 2. The lowest BCUT2D eigenvalue weighted by atomic mass is 9.44. The SMILES string of the molecule is CC(=O)C1CCC2C3CCC4CC(=O)CCC4(C)C3CCC12C.CCC. The molecule has 7 atom stereocenters. The fourth-order valence-corrected chi connectivity index (χ4v) is 7.71. The molecule has 4 aliphatic carbocycles. The summed E-state index contributed by atoms with van der Waals surface area (Å²) in [6, 6.07) is 0. The van der Waals surface area contributed by atoms with E-state index in [-0.39, 0.29) is 5.41 Å². The van der Waals surface area contributed by atoms with E-state index in [0.29, 0.717) is 28.8 Å². The van der Waals surface area contributed by atoms with Gasteiger partial charge in [0.1, 0.15) is 11.6 Å². The van der Waals surface area contributed by atoms with Crippen molar-refractivity contribution in [2.45, 2.75) is 98.8 Å². The molecule has 2 nitrogen and oxygen atoms in total. The molecule has 0 bridgehead atoms. The van der Waals surface area contributed by atoms with Crippen LogP contribution >= 0.6 is 0 Å². The van der Waals surface area contributed by atoms with Crippen LogP contribution in [0.4, 0.5) is 0 Å². The highest BCUT2D eigenvalue weighted by Crippen LogP contribution is 2.67. The van der Waals surface area contributed by atoms with Crippen LogP contribution in [0.15, 0.2) is 0 Å². The van der Waals surface area contributed by atoms with E-state index in [2.05, 4.69) is 27.7 Å². The lowest BCUT2D eigenvalue weighted by molar-refractivity contribution is -0.143. The third kappa shape index (κ3) is 3.10. The van der Waals surface area contributed by atoms with Gasteiger partial charge in [0.05, 0.1) is 0 Å².